The average molecular weight is 953 g/mol. The van der Waals surface area contributed by atoms with Crippen molar-refractivity contribution >= 4 is 46.4 Å². The van der Waals surface area contributed by atoms with Crippen LogP contribution in [0.2, 0.25) is 19.6 Å². The zero-order valence-corrected chi connectivity index (χ0v) is 37.8. The summed E-state index contributed by atoms with van der Waals surface area (Å²) >= 11 is 0. The number of furan rings is 1. The molecule has 9 aromatic rings. The normalized spacial score (nSPS) is 11.6. The maximum absolute atomic E-state index is 6.45. The Bertz CT molecular complexity index is 2820. The van der Waals surface area contributed by atoms with Crippen molar-refractivity contribution in [1.82, 2.24) is 19.5 Å². The van der Waals surface area contributed by atoms with Gasteiger partial charge in [0.25, 0.3) is 0 Å². The molecule has 1 radical (unpaired) electrons. The molecule has 0 atom stereocenters. The number of aromatic nitrogens is 4. The number of rotatable bonds is 7. The first-order valence-electron chi connectivity index (χ1n) is 19.8. The van der Waals surface area contributed by atoms with Crippen LogP contribution in [0.5, 0.6) is 0 Å². The van der Waals surface area contributed by atoms with Gasteiger partial charge in [0.05, 0.1) is 25.0 Å². The van der Waals surface area contributed by atoms with Gasteiger partial charge in [0.1, 0.15) is 5.58 Å². The van der Waals surface area contributed by atoms with Crippen molar-refractivity contribution in [3.8, 4) is 39.5 Å². The van der Waals surface area contributed by atoms with Crippen LogP contribution in [0.1, 0.15) is 56.2 Å². The van der Waals surface area contributed by atoms with Gasteiger partial charge in [0, 0.05) is 43.6 Å². The van der Waals surface area contributed by atoms with Crippen LogP contribution in [0.25, 0.3) is 72.6 Å². The Hall–Kier alpha value is -5.46. The molecule has 0 aliphatic heterocycles. The Morgan fingerprint density at radius 3 is 2.07 bits per heavy atom. The van der Waals surface area contributed by atoms with Crippen molar-refractivity contribution in [2.24, 2.45) is 0 Å². The summed E-state index contributed by atoms with van der Waals surface area (Å²) < 4.78 is 8.74. The maximum Gasteiger partial charge on any atom is 0.168 e. The van der Waals surface area contributed by atoms with Crippen molar-refractivity contribution in [2.45, 2.75) is 66.1 Å². The van der Waals surface area contributed by atoms with Crippen LogP contribution < -0.4 is 5.19 Å². The maximum atomic E-state index is 6.45. The minimum Gasteiger partial charge on any atom is -0.501 e. The first-order chi connectivity index (χ1) is 27.5. The van der Waals surface area contributed by atoms with Gasteiger partial charge in [0.2, 0.25) is 0 Å². The molecular formula is C51H48IrN4OSi-2. The monoisotopic (exact) mass is 953 g/mol. The Morgan fingerprint density at radius 1 is 0.690 bits per heavy atom. The zero-order valence-electron chi connectivity index (χ0n) is 34.4. The molecule has 0 unspecified atom stereocenters. The van der Waals surface area contributed by atoms with E-state index in [2.05, 4.69) is 160 Å². The third-order valence-electron chi connectivity index (χ3n) is 10.6. The molecule has 0 spiro atoms. The van der Waals surface area contributed by atoms with Crippen LogP contribution in [0.15, 0.2) is 138 Å². The van der Waals surface area contributed by atoms with Gasteiger partial charge in [-0.05, 0) is 82.2 Å². The molecule has 0 N–H and O–H groups in total. The van der Waals surface area contributed by atoms with Gasteiger partial charge in [-0.1, -0.05) is 118 Å². The number of fused-ring (bicyclic) bond motifs is 4. The average Bonchev–Trinajstić information content (AvgIpc) is 3.79. The molecule has 7 heteroatoms. The van der Waals surface area contributed by atoms with E-state index in [1.54, 1.807) is 6.20 Å². The number of pyridine rings is 2. The van der Waals surface area contributed by atoms with Crippen LogP contribution in [-0.4, -0.2) is 27.6 Å². The number of hydrogen-bond donors (Lipinski definition) is 0. The summed E-state index contributed by atoms with van der Waals surface area (Å²) in [7, 11) is -1.27. The van der Waals surface area contributed by atoms with E-state index in [4.69, 9.17) is 9.40 Å². The molecule has 4 aromatic heterocycles. The Labute approximate surface area is 356 Å². The number of nitrogens with zero attached hydrogens (tertiary/aromatic N) is 4. The number of hydrogen-bond acceptors (Lipinski definition) is 4. The molecule has 4 heterocycles. The summed E-state index contributed by atoms with van der Waals surface area (Å²) in [6.07, 6.45) is 3.86. The molecule has 58 heavy (non-hydrogen) atoms. The van der Waals surface area contributed by atoms with Gasteiger partial charge in [-0.3, -0.25) is 4.98 Å². The molecule has 0 saturated heterocycles. The molecule has 0 aliphatic rings. The van der Waals surface area contributed by atoms with Crippen molar-refractivity contribution in [2.75, 3.05) is 0 Å². The number of imidazole rings is 1. The van der Waals surface area contributed by atoms with Crippen molar-refractivity contribution in [3.05, 3.63) is 163 Å². The van der Waals surface area contributed by atoms with Crippen LogP contribution >= 0.6 is 0 Å². The van der Waals surface area contributed by atoms with E-state index in [-0.39, 0.29) is 31.9 Å². The molecule has 5 nitrogen and oxygen atoms in total. The topological polar surface area (TPSA) is 56.7 Å². The second-order valence-corrected chi connectivity index (χ2v) is 21.4. The van der Waals surface area contributed by atoms with Gasteiger partial charge >= 0.3 is 0 Å². The first kappa shape index (κ1) is 40.7. The van der Waals surface area contributed by atoms with Crippen LogP contribution in [0, 0.1) is 19.1 Å². The largest absolute Gasteiger partial charge is 0.501 e. The fraction of sp³-hybridized carbons (Fsp3) is 0.196. The van der Waals surface area contributed by atoms with Gasteiger partial charge < -0.3 is 14.0 Å². The minimum absolute atomic E-state index is 0. The van der Waals surface area contributed by atoms with E-state index in [0.29, 0.717) is 5.65 Å². The standard InChI is InChI=1S/C36H30N3O.C15H18NSi.Ir/c1-22(2)29-20-25(24-12-6-5-7-13-24)21-30(23(3)4)33(29)39-31-17-11-19-37-35(31)38-36(39)28-16-10-15-27-26-14-8-9-18-32(26)40-34(27)28;1-12-10-14(13-8-6-5-7-9-13)16-11-15(12)17(2,3)4;/h5-15,17-23H,1-4H3;5-8,10-11H,1-4H3;/q2*-1;. The van der Waals surface area contributed by atoms with Crippen molar-refractivity contribution < 1.29 is 24.5 Å². The SMILES string of the molecule is CC(C)c1cc(-c2ccccc2)cc(C(C)C)c1-n1c(-c2[c-]ccc3c2oc2ccccc23)nc2ncccc21.Cc1cc(-c2[c-]cccc2)ncc1[Si](C)(C)C.[Ir]. The summed E-state index contributed by atoms with van der Waals surface area (Å²) in [6, 6.07) is 48.5. The van der Waals surface area contributed by atoms with E-state index < -0.39 is 8.07 Å². The van der Waals surface area contributed by atoms with E-state index >= 15 is 0 Å². The molecule has 0 saturated carbocycles. The molecule has 293 valence electrons. The fourth-order valence-corrected chi connectivity index (χ4v) is 9.53. The fourth-order valence-electron chi connectivity index (χ4n) is 7.82. The van der Waals surface area contributed by atoms with Gasteiger partial charge in [-0.25, -0.2) is 4.98 Å². The third kappa shape index (κ3) is 7.87. The summed E-state index contributed by atoms with van der Waals surface area (Å²) in [4.78, 5) is 14.4. The predicted molar refractivity (Wildman–Crippen MR) is 240 cm³/mol. The van der Waals surface area contributed by atoms with E-state index in [0.717, 1.165) is 55.8 Å². The second kappa shape index (κ2) is 16.8. The molecule has 0 aliphatic carbocycles. The Morgan fingerprint density at radius 2 is 1.40 bits per heavy atom. The van der Waals surface area contributed by atoms with Crippen LogP contribution in [0.3, 0.4) is 0 Å². The van der Waals surface area contributed by atoms with Gasteiger partial charge in [-0.2, -0.15) is 0 Å². The van der Waals surface area contributed by atoms with Gasteiger partial charge in [-0.15, -0.1) is 54.1 Å². The van der Waals surface area contributed by atoms with E-state index in [1.807, 2.05) is 48.5 Å². The third-order valence-corrected chi connectivity index (χ3v) is 12.8. The molecule has 9 rings (SSSR count). The van der Waals surface area contributed by atoms with Crippen LogP contribution in [0.4, 0.5) is 0 Å². The smallest absolute Gasteiger partial charge is 0.168 e. The summed E-state index contributed by atoms with van der Waals surface area (Å²) in [5.41, 5.74) is 13.7. The molecular weight excluding hydrogens is 905 g/mol. The molecule has 0 fully saturated rings. The van der Waals surface area contributed by atoms with Crippen molar-refractivity contribution in [1.29, 1.82) is 0 Å². The second-order valence-electron chi connectivity index (χ2n) is 16.4. The molecule has 0 bridgehead atoms. The van der Waals surface area contributed by atoms with Gasteiger partial charge in [0.15, 0.2) is 5.65 Å². The summed E-state index contributed by atoms with van der Waals surface area (Å²) in [6.45, 7) is 18.3. The number of aryl methyl sites for hydroxylation is 1. The molecule has 0 amide bonds. The predicted octanol–water partition coefficient (Wildman–Crippen LogP) is 13.1. The Kier molecular flexibility index (Phi) is 11.8. The molecule has 5 aromatic carbocycles. The minimum atomic E-state index is -1.27. The quantitative estimate of drug-likeness (QED) is 0.118. The summed E-state index contributed by atoms with van der Waals surface area (Å²) in [5, 5.41) is 3.59. The number of para-hydroxylation sites is 1. The van der Waals surface area contributed by atoms with Crippen LogP contribution in [-0.2, 0) is 20.1 Å². The first-order valence-corrected chi connectivity index (χ1v) is 23.3. The van der Waals surface area contributed by atoms with Crippen molar-refractivity contribution in [3.63, 3.8) is 0 Å². The van der Waals surface area contributed by atoms with E-state index in [1.165, 1.54) is 33.0 Å². The van der Waals surface area contributed by atoms with E-state index in [9.17, 15) is 0 Å². The Balaban J connectivity index is 0.000000240. The zero-order chi connectivity index (χ0) is 39.8. The summed E-state index contributed by atoms with van der Waals surface area (Å²) in [5.74, 6) is 1.35. The number of benzene rings is 5.